The normalized spacial score (nSPS) is 10.0. The van der Waals surface area contributed by atoms with Crippen LogP contribution >= 0.6 is 11.6 Å². The smallest absolute Gasteiger partial charge is 0.138 e. The van der Waals surface area contributed by atoms with Crippen LogP contribution in [-0.2, 0) is 6.61 Å². The Bertz CT molecular complexity index is 855. The summed E-state index contributed by atoms with van der Waals surface area (Å²) < 4.78 is 11.5. The summed E-state index contributed by atoms with van der Waals surface area (Å²) in [5.74, 6) is 1.85. The molecule has 0 aliphatic rings. The molecule has 0 aliphatic carbocycles. The van der Waals surface area contributed by atoms with E-state index >= 15 is 0 Å². The molecular weight excluding hydrogens is 322 g/mol. The van der Waals surface area contributed by atoms with E-state index in [9.17, 15) is 0 Å². The van der Waals surface area contributed by atoms with Crippen LogP contribution < -0.4 is 9.47 Å². The summed E-state index contributed by atoms with van der Waals surface area (Å²) in [7, 11) is 0. The Morgan fingerprint density at radius 2 is 1.58 bits per heavy atom. The predicted octanol–water partition coefficient (Wildman–Crippen LogP) is 5.58. The van der Waals surface area contributed by atoms with Crippen molar-refractivity contribution in [3.05, 3.63) is 88.9 Å². The zero-order chi connectivity index (χ0) is 16.8. The van der Waals surface area contributed by atoms with Crippen molar-refractivity contribution in [3.8, 4) is 23.3 Å². The van der Waals surface area contributed by atoms with Gasteiger partial charge in [0.2, 0.25) is 0 Å². The van der Waals surface area contributed by atoms with Crippen LogP contribution in [0.3, 0.4) is 0 Å². The molecule has 0 unspecified atom stereocenters. The summed E-state index contributed by atoms with van der Waals surface area (Å²) in [6, 6.07) is 24.1. The first-order chi connectivity index (χ1) is 11.7. The Morgan fingerprint density at radius 1 is 0.875 bits per heavy atom. The van der Waals surface area contributed by atoms with Crippen LogP contribution in [0.1, 0.15) is 11.1 Å². The summed E-state index contributed by atoms with van der Waals surface area (Å²) in [5.41, 5.74) is 1.66. The lowest BCUT2D eigenvalue weighted by atomic mass is 10.2. The zero-order valence-electron chi connectivity index (χ0n) is 12.8. The molecule has 0 atom stereocenters. The van der Waals surface area contributed by atoms with E-state index in [-0.39, 0.29) is 0 Å². The van der Waals surface area contributed by atoms with Crippen LogP contribution in [0.2, 0.25) is 5.02 Å². The highest BCUT2D eigenvalue weighted by molar-refractivity contribution is 6.32. The zero-order valence-corrected chi connectivity index (χ0v) is 13.5. The van der Waals surface area contributed by atoms with Gasteiger partial charge in [0.15, 0.2) is 0 Å². The summed E-state index contributed by atoms with van der Waals surface area (Å²) in [6.07, 6.45) is 0. The molecule has 0 N–H and O–H groups in total. The van der Waals surface area contributed by atoms with Gasteiger partial charge in [-0.05, 0) is 42.0 Å². The molecule has 0 aromatic heterocycles. The number of nitriles is 1. The second kappa shape index (κ2) is 7.54. The highest BCUT2D eigenvalue weighted by Crippen LogP contribution is 2.31. The van der Waals surface area contributed by atoms with Crippen molar-refractivity contribution in [2.24, 2.45) is 0 Å². The van der Waals surface area contributed by atoms with Gasteiger partial charge in [-0.25, -0.2) is 0 Å². The lowest BCUT2D eigenvalue weighted by Crippen LogP contribution is -1.95. The predicted molar refractivity (Wildman–Crippen MR) is 93.5 cm³/mol. The van der Waals surface area contributed by atoms with Gasteiger partial charge >= 0.3 is 0 Å². The number of hydrogen-bond acceptors (Lipinski definition) is 3. The summed E-state index contributed by atoms with van der Waals surface area (Å²) in [5, 5.41) is 9.28. The number of rotatable bonds is 5. The van der Waals surface area contributed by atoms with E-state index in [2.05, 4.69) is 6.07 Å². The fraction of sp³-hybridized carbons (Fsp3) is 0.0500. The molecule has 3 rings (SSSR count). The van der Waals surface area contributed by atoms with E-state index in [1.165, 1.54) is 0 Å². The number of halogens is 1. The Morgan fingerprint density at radius 3 is 2.25 bits per heavy atom. The number of ether oxygens (including phenoxy) is 2. The molecule has 0 bridgehead atoms. The fourth-order valence-electron chi connectivity index (χ4n) is 2.13. The molecule has 3 nitrogen and oxygen atoms in total. The molecule has 24 heavy (non-hydrogen) atoms. The first kappa shape index (κ1) is 15.9. The van der Waals surface area contributed by atoms with E-state index in [4.69, 9.17) is 26.3 Å². The molecule has 0 saturated carbocycles. The van der Waals surface area contributed by atoms with Gasteiger partial charge in [0.25, 0.3) is 0 Å². The third kappa shape index (κ3) is 4.07. The second-order valence-electron chi connectivity index (χ2n) is 5.10. The minimum atomic E-state index is 0.455. The van der Waals surface area contributed by atoms with Gasteiger partial charge in [-0.1, -0.05) is 41.9 Å². The van der Waals surface area contributed by atoms with Crippen LogP contribution in [-0.4, -0.2) is 0 Å². The van der Waals surface area contributed by atoms with Crippen LogP contribution in [0, 0.1) is 11.3 Å². The van der Waals surface area contributed by atoms with Crippen LogP contribution in [0.15, 0.2) is 72.8 Å². The average molecular weight is 336 g/mol. The topological polar surface area (TPSA) is 42.2 Å². The van der Waals surface area contributed by atoms with E-state index in [1.807, 2.05) is 30.3 Å². The third-order valence-electron chi connectivity index (χ3n) is 3.36. The van der Waals surface area contributed by atoms with Gasteiger partial charge in [-0.2, -0.15) is 5.26 Å². The summed E-state index contributed by atoms with van der Waals surface area (Å²) in [4.78, 5) is 0. The van der Waals surface area contributed by atoms with Crippen molar-refractivity contribution < 1.29 is 9.47 Å². The van der Waals surface area contributed by atoms with Crippen molar-refractivity contribution in [3.63, 3.8) is 0 Å². The first-order valence-electron chi connectivity index (χ1n) is 7.39. The van der Waals surface area contributed by atoms with Gasteiger partial charge in [0, 0.05) is 6.07 Å². The first-order valence-corrected chi connectivity index (χ1v) is 7.77. The van der Waals surface area contributed by atoms with Gasteiger partial charge in [-0.3, -0.25) is 0 Å². The Hall–Kier alpha value is -2.96. The molecule has 0 amide bonds. The number of benzene rings is 3. The maximum Gasteiger partial charge on any atom is 0.138 e. The van der Waals surface area contributed by atoms with Crippen LogP contribution in [0.5, 0.6) is 17.2 Å². The molecular formula is C20H14ClNO2. The molecule has 0 saturated heterocycles. The van der Waals surface area contributed by atoms with E-state index in [0.29, 0.717) is 34.4 Å². The number of nitrogens with zero attached hydrogens (tertiary/aromatic N) is 1. The minimum absolute atomic E-state index is 0.455. The monoisotopic (exact) mass is 335 g/mol. The van der Waals surface area contributed by atoms with Gasteiger partial charge < -0.3 is 9.47 Å². The average Bonchev–Trinajstić information content (AvgIpc) is 2.62. The fourth-order valence-corrected chi connectivity index (χ4v) is 2.36. The molecule has 4 heteroatoms. The lowest BCUT2D eigenvalue weighted by Gasteiger charge is -2.10. The van der Waals surface area contributed by atoms with Gasteiger partial charge in [0.1, 0.15) is 23.9 Å². The Balaban J connectivity index is 1.66. The van der Waals surface area contributed by atoms with E-state index in [1.54, 1.807) is 42.5 Å². The van der Waals surface area contributed by atoms with Crippen LogP contribution in [0.4, 0.5) is 0 Å². The van der Waals surface area contributed by atoms with Crippen molar-refractivity contribution in [1.82, 2.24) is 0 Å². The largest absolute Gasteiger partial charge is 0.487 e. The molecule has 0 aliphatic heterocycles. The van der Waals surface area contributed by atoms with Gasteiger partial charge in [-0.15, -0.1) is 0 Å². The Labute approximate surface area is 145 Å². The molecule has 3 aromatic rings. The number of hydrogen-bond donors (Lipinski definition) is 0. The standard InChI is InChI=1S/C20H14ClNO2/c21-19-12-18(24-17-8-6-15(13-22)7-9-17)10-11-20(19)23-14-16-4-2-1-3-5-16/h1-12H,14H2. The van der Waals surface area contributed by atoms with Crippen molar-refractivity contribution in [1.29, 1.82) is 5.26 Å². The summed E-state index contributed by atoms with van der Waals surface area (Å²) >= 11 is 6.26. The second-order valence-corrected chi connectivity index (χ2v) is 5.51. The maximum atomic E-state index is 8.80. The third-order valence-corrected chi connectivity index (χ3v) is 3.65. The molecule has 0 fully saturated rings. The Kier molecular flexibility index (Phi) is 5.00. The van der Waals surface area contributed by atoms with E-state index < -0.39 is 0 Å². The molecule has 0 radical (unpaired) electrons. The van der Waals surface area contributed by atoms with Gasteiger partial charge in [0.05, 0.1) is 16.7 Å². The highest BCUT2D eigenvalue weighted by atomic mass is 35.5. The van der Waals surface area contributed by atoms with E-state index in [0.717, 1.165) is 5.56 Å². The maximum absolute atomic E-state index is 8.80. The molecule has 0 heterocycles. The molecule has 3 aromatic carbocycles. The SMILES string of the molecule is N#Cc1ccc(Oc2ccc(OCc3ccccc3)c(Cl)c2)cc1. The van der Waals surface area contributed by atoms with Crippen molar-refractivity contribution in [2.75, 3.05) is 0 Å². The van der Waals surface area contributed by atoms with Crippen molar-refractivity contribution in [2.45, 2.75) is 6.61 Å². The molecule has 118 valence electrons. The quantitative estimate of drug-likeness (QED) is 0.611. The van der Waals surface area contributed by atoms with Crippen LogP contribution in [0.25, 0.3) is 0 Å². The minimum Gasteiger partial charge on any atom is -0.487 e. The molecule has 0 spiro atoms. The van der Waals surface area contributed by atoms with Crippen molar-refractivity contribution >= 4 is 11.6 Å². The highest BCUT2D eigenvalue weighted by Gasteiger charge is 2.06. The summed E-state index contributed by atoms with van der Waals surface area (Å²) in [6.45, 7) is 0.455. The lowest BCUT2D eigenvalue weighted by molar-refractivity contribution is 0.306.